The number of rotatable bonds is 5. The summed E-state index contributed by atoms with van der Waals surface area (Å²) in [6.45, 7) is 1.60. The molecule has 0 aliphatic heterocycles. The number of hydrogen-bond donors (Lipinski definition) is 1. The Bertz CT molecular complexity index is 386. The van der Waals surface area contributed by atoms with Gasteiger partial charge in [0.2, 0.25) is 0 Å². The number of likely N-dealkylation sites (N-methyl/N-ethyl adjacent to an activating group) is 2. The fourth-order valence-electron chi connectivity index (χ4n) is 1.19. The van der Waals surface area contributed by atoms with Crippen LogP contribution < -0.4 is 10.2 Å². The molecule has 0 saturated heterocycles. The Labute approximate surface area is 102 Å². The van der Waals surface area contributed by atoms with Gasteiger partial charge in [-0.05, 0) is 23.0 Å². The summed E-state index contributed by atoms with van der Waals surface area (Å²) in [5.41, 5.74) is -0.0161. The molecule has 0 amide bonds. The van der Waals surface area contributed by atoms with Crippen LogP contribution in [-0.2, 0) is 0 Å². The second-order valence-electron chi connectivity index (χ2n) is 3.28. The van der Waals surface area contributed by atoms with Gasteiger partial charge in [-0.15, -0.1) is 0 Å². The Morgan fingerprint density at radius 3 is 2.88 bits per heavy atom. The van der Waals surface area contributed by atoms with Crippen molar-refractivity contribution in [3.63, 3.8) is 0 Å². The molecule has 16 heavy (non-hydrogen) atoms. The van der Waals surface area contributed by atoms with Gasteiger partial charge in [0, 0.05) is 26.2 Å². The van der Waals surface area contributed by atoms with E-state index in [1.807, 2.05) is 19.0 Å². The molecule has 0 unspecified atom stereocenters. The van der Waals surface area contributed by atoms with Crippen molar-refractivity contribution in [2.75, 3.05) is 32.1 Å². The number of pyridine rings is 1. The third-order valence-corrected chi connectivity index (χ3v) is 2.66. The normalized spacial score (nSPS) is 10.2. The molecule has 0 aliphatic rings. The number of aromatic nitrogens is 1. The van der Waals surface area contributed by atoms with E-state index in [-0.39, 0.29) is 5.69 Å². The summed E-state index contributed by atoms with van der Waals surface area (Å²) < 4.78 is 0.625. The first-order valence-corrected chi connectivity index (χ1v) is 5.51. The van der Waals surface area contributed by atoms with Crippen molar-refractivity contribution in [2.24, 2.45) is 0 Å². The van der Waals surface area contributed by atoms with Gasteiger partial charge < -0.3 is 10.2 Å². The Hall–Kier alpha value is -1.21. The van der Waals surface area contributed by atoms with Crippen LogP contribution in [0, 0.1) is 10.1 Å². The number of nitro groups is 1. The SMILES string of the molecule is CNCCN(C)c1ncc([N+](=O)[O-])cc1Br. The average molecular weight is 289 g/mol. The maximum atomic E-state index is 10.5. The third-order valence-electron chi connectivity index (χ3n) is 2.08. The highest BCUT2D eigenvalue weighted by molar-refractivity contribution is 9.10. The van der Waals surface area contributed by atoms with Crippen molar-refractivity contribution in [3.8, 4) is 0 Å². The molecule has 6 nitrogen and oxygen atoms in total. The highest BCUT2D eigenvalue weighted by Gasteiger charge is 2.12. The predicted molar refractivity (Wildman–Crippen MR) is 65.8 cm³/mol. The van der Waals surface area contributed by atoms with E-state index in [9.17, 15) is 10.1 Å². The number of hydrogen-bond acceptors (Lipinski definition) is 5. The molecular weight excluding hydrogens is 276 g/mol. The Morgan fingerprint density at radius 1 is 1.69 bits per heavy atom. The molecule has 0 saturated carbocycles. The molecule has 7 heteroatoms. The van der Waals surface area contributed by atoms with E-state index < -0.39 is 4.92 Å². The molecule has 1 rings (SSSR count). The van der Waals surface area contributed by atoms with Crippen molar-refractivity contribution >= 4 is 27.4 Å². The van der Waals surface area contributed by atoms with Gasteiger partial charge in [0.15, 0.2) is 0 Å². The molecule has 0 spiro atoms. The zero-order valence-corrected chi connectivity index (χ0v) is 10.7. The van der Waals surface area contributed by atoms with Gasteiger partial charge in [0.05, 0.1) is 9.40 Å². The van der Waals surface area contributed by atoms with Crippen LogP contribution in [0.25, 0.3) is 0 Å². The minimum absolute atomic E-state index is 0.0161. The number of nitrogens with zero attached hydrogens (tertiary/aromatic N) is 3. The molecule has 1 aromatic rings. The topological polar surface area (TPSA) is 71.3 Å². The molecular formula is C9H13BrN4O2. The first-order chi connectivity index (χ1) is 7.56. The van der Waals surface area contributed by atoms with Gasteiger partial charge in [-0.1, -0.05) is 0 Å². The lowest BCUT2D eigenvalue weighted by Crippen LogP contribution is -2.27. The van der Waals surface area contributed by atoms with Gasteiger partial charge in [-0.25, -0.2) is 4.98 Å². The van der Waals surface area contributed by atoms with Crippen molar-refractivity contribution < 1.29 is 4.92 Å². The average Bonchev–Trinajstić information content (AvgIpc) is 2.25. The summed E-state index contributed by atoms with van der Waals surface area (Å²) in [5, 5.41) is 13.6. The molecule has 0 radical (unpaired) electrons. The number of nitrogens with one attached hydrogen (secondary N) is 1. The standard InChI is InChI=1S/C9H13BrN4O2/c1-11-3-4-13(2)9-8(10)5-7(6-12-9)14(15)16/h5-6,11H,3-4H2,1-2H3. The van der Waals surface area contributed by atoms with E-state index in [0.717, 1.165) is 13.1 Å². The Balaban J connectivity index is 2.85. The summed E-state index contributed by atoms with van der Waals surface area (Å²) in [5.74, 6) is 0.695. The Kier molecular flexibility index (Phi) is 4.63. The first kappa shape index (κ1) is 12.9. The monoisotopic (exact) mass is 288 g/mol. The first-order valence-electron chi connectivity index (χ1n) is 4.72. The minimum Gasteiger partial charge on any atom is -0.357 e. The van der Waals surface area contributed by atoms with Gasteiger partial charge >= 0.3 is 0 Å². The van der Waals surface area contributed by atoms with E-state index >= 15 is 0 Å². The van der Waals surface area contributed by atoms with Gasteiger partial charge in [-0.2, -0.15) is 0 Å². The van der Waals surface area contributed by atoms with Gasteiger partial charge in [0.25, 0.3) is 5.69 Å². The maximum absolute atomic E-state index is 10.5. The zero-order chi connectivity index (χ0) is 12.1. The summed E-state index contributed by atoms with van der Waals surface area (Å²) >= 11 is 3.28. The van der Waals surface area contributed by atoms with Crippen LogP contribution in [0.5, 0.6) is 0 Å². The molecule has 0 aromatic carbocycles. The molecule has 1 aromatic heterocycles. The van der Waals surface area contributed by atoms with E-state index in [1.54, 1.807) is 0 Å². The highest BCUT2D eigenvalue weighted by Crippen LogP contribution is 2.26. The van der Waals surface area contributed by atoms with Crippen molar-refractivity contribution in [2.45, 2.75) is 0 Å². The lowest BCUT2D eigenvalue weighted by atomic mass is 10.4. The van der Waals surface area contributed by atoms with Crippen molar-refractivity contribution in [1.82, 2.24) is 10.3 Å². The summed E-state index contributed by atoms with van der Waals surface area (Å²) in [7, 11) is 3.75. The molecule has 1 N–H and O–H groups in total. The molecule has 0 atom stereocenters. The summed E-state index contributed by atoms with van der Waals surface area (Å²) in [4.78, 5) is 16.0. The molecule has 0 aliphatic carbocycles. The fourth-order valence-corrected chi connectivity index (χ4v) is 1.83. The molecule has 1 heterocycles. The zero-order valence-electron chi connectivity index (χ0n) is 9.11. The highest BCUT2D eigenvalue weighted by atomic mass is 79.9. The second kappa shape index (κ2) is 5.76. The molecule has 88 valence electrons. The van der Waals surface area contributed by atoms with E-state index in [1.165, 1.54) is 12.3 Å². The van der Waals surface area contributed by atoms with Crippen LogP contribution in [0.3, 0.4) is 0 Å². The van der Waals surface area contributed by atoms with Crippen LogP contribution in [0.4, 0.5) is 11.5 Å². The number of anilines is 1. The predicted octanol–water partition coefficient (Wildman–Crippen LogP) is 1.41. The molecule has 0 fully saturated rings. The van der Waals surface area contributed by atoms with E-state index in [2.05, 4.69) is 26.2 Å². The minimum atomic E-state index is -0.463. The maximum Gasteiger partial charge on any atom is 0.288 e. The van der Waals surface area contributed by atoms with Gasteiger partial charge in [-0.3, -0.25) is 10.1 Å². The lowest BCUT2D eigenvalue weighted by Gasteiger charge is -2.18. The van der Waals surface area contributed by atoms with Crippen LogP contribution in [-0.4, -0.2) is 37.1 Å². The molecule has 0 bridgehead atoms. The van der Waals surface area contributed by atoms with Crippen molar-refractivity contribution in [1.29, 1.82) is 0 Å². The lowest BCUT2D eigenvalue weighted by molar-refractivity contribution is -0.385. The summed E-state index contributed by atoms with van der Waals surface area (Å²) in [6.07, 6.45) is 1.26. The fraction of sp³-hybridized carbons (Fsp3) is 0.444. The van der Waals surface area contributed by atoms with Crippen LogP contribution in [0.1, 0.15) is 0 Å². The number of halogens is 1. The van der Waals surface area contributed by atoms with Crippen LogP contribution in [0.2, 0.25) is 0 Å². The van der Waals surface area contributed by atoms with Crippen molar-refractivity contribution in [3.05, 3.63) is 26.9 Å². The second-order valence-corrected chi connectivity index (χ2v) is 4.14. The van der Waals surface area contributed by atoms with Gasteiger partial charge in [0.1, 0.15) is 12.0 Å². The smallest absolute Gasteiger partial charge is 0.288 e. The largest absolute Gasteiger partial charge is 0.357 e. The van der Waals surface area contributed by atoms with Crippen LogP contribution in [0.15, 0.2) is 16.7 Å². The Morgan fingerprint density at radius 2 is 2.38 bits per heavy atom. The third kappa shape index (κ3) is 3.14. The van der Waals surface area contributed by atoms with Crippen LogP contribution >= 0.6 is 15.9 Å². The summed E-state index contributed by atoms with van der Waals surface area (Å²) in [6, 6.07) is 1.46. The van der Waals surface area contributed by atoms with E-state index in [0.29, 0.717) is 10.3 Å². The quantitative estimate of drug-likeness (QED) is 0.655. The van der Waals surface area contributed by atoms with E-state index in [4.69, 9.17) is 0 Å².